The molecule has 0 spiro atoms. The predicted molar refractivity (Wildman–Crippen MR) is 93.3 cm³/mol. The van der Waals surface area contributed by atoms with E-state index in [9.17, 15) is 4.39 Å². The molecular formula is C17H18BrFN4. The summed E-state index contributed by atoms with van der Waals surface area (Å²) in [6.07, 6.45) is 7.89. The van der Waals surface area contributed by atoms with Crippen molar-refractivity contribution in [1.29, 1.82) is 0 Å². The van der Waals surface area contributed by atoms with E-state index in [1.807, 2.05) is 13.0 Å². The second-order valence-corrected chi connectivity index (χ2v) is 7.82. The standard InChI is InChI=1S/C17H18BrFN4/c1-3-4-13-22-14-9(2)12(20)8-21-16(14)23(13)15-10-5-6-17(15,18)7-11(10)19/h5,7-8,15H,3-4,6,20H2,1-2H3. The zero-order valence-electron chi connectivity index (χ0n) is 13.1. The first-order valence-corrected chi connectivity index (χ1v) is 8.65. The van der Waals surface area contributed by atoms with Gasteiger partial charge in [-0.3, -0.25) is 0 Å². The van der Waals surface area contributed by atoms with Crippen molar-refractivity contribution >= 4 is 32.8 Å². The molecule has 0 radical (unpaired) electrons. The molecule has 0 saturated carbocycles. The zero-order valence-corrected chi connectivity index (χ0v) is 14.7. The summed E-state index contributed by atoms with van der Waals surface area (Å²) in [4.78, 5) is 9.31. The molecular weight excluding hydrogens is 359 g/mol. The van der Waals surface area contributed by atoms with Crippen molar-refractivity contribution in [3.8, 4) is 0 Å². The first kappa shape index (κ1) is 14.9. The molecule has 2 atom stereocenters. The van der Waals surface area contributed by atoms with Gasteiger partial charge in [0.15, 0.2) is 5.65 Å². The summed E-state index contributed by atoms with van der Waals surface area (Å²) < 4.78 is 15.9. The molecule has 2 aliphatic rings. The van der Waals surface area contributed by atoms with Gasteiger partial charge in [-0.15, -0.1) is 0 Å². The number of nitrogen functional groups attached to an aromatic ring is 1. The van der Waals surface area contributed by atoms with Gasteiger partial charge in [-0.1, -0.05) is 28.9 Å². The molecule has 4 nitrogen and oxygen atoms in total. The Balaban J connectivity index is 1.99. The van der Waals surface area contributed by atoms with Gasteiger partial charge in [0.25, 0.3) is 0 Å². The minimum absolute atomic E-state index is 0.135. The lowest BCUT2D eigenvalue weighted by Crippen LogP contribution is -2.26. The number of alkyl halides is 1. The maximum atomic E-state index is 14.3. The van der Waals surface area contributed by atoms with E-state index in [1.54, 1.807) is 12.3 Å². The molecule has 120 valence electrons. The van der Waals surface area contributed by atoms with E-state index >= 15 is 0 Å². The van der Waals surface area contributed by atoms with Crippen LogP contribution >= 0.6 is 15.9 Å². The number of nitrogens with zero attached hydrogens (tertiary/aromatic N) is 3. The molecule has 6 heteroatoms. The summed E-state index contributed by atoms with van der Waals surface area (Å²) in [6.45, 7) is 4.07. The molecule has 0 saturated heterocycles. The van der Waals surface area contributed by atoms with E-state index in [4.69, 9.17) is 10.7 Å². The molecule has 2 aromatic rings. The number of rotatable bonds is 3. The highest BCUT2D eigenvalue weighted by molar-refractivity contribution is 9.10. The predicted octanol–water partition coefficient (Wildman–Crippen LogP) is 4.15. The average molecular weight is 377 g/mol. The molecule has 2 aromatic heterocycles. The van der Waals surface area contributed by atoms with Crippen LogP contribution in [0.3, 0.4) is 0 Å². The maximum Gasteiger partial charge on any atom is 0.161 e. The third kappa shape index (κ3) is 1.94. The number of pyridine rings is 1. The number of hydrogen-bond acceptors (Lipinski definition) is 3. The molecule has 2 bridgehead atoms. The largest absolute Gasteiger partial charge is 0.397 e. The summed E-state index contributed by atoms with van der Waals surface area (Å²) in [5, 5.41) is 0. The van der Waals surface area contributed by atoms with Crippen molar-refractivity contribution < 1.29 is 4.39 Å². The molecule has 0 fully saturated rings. The van der Waals surface area contributed by atoms with E-state index in [-0.39, 0.29) is 11.9 Å². The third-order valence-electron chi connectivity index (χ3n) is 4.83. The smallest absolute Gasteiger partial charge is 0.161 e. The van der Waals surface area contributed by atoms with Gasteiger partial charge in [-0.05, 0) is 25.8 Å². The minimum atomic E-state index is -0.417. The van der Waals surface area contributed by atoms with Gasteiger partial charge in [0.2, 0.25) is 0 Å². The summed E-state index contributed by atoms with van der Waals surface area (Å²) >= 11 is 3.75. The molecule has 2 unspecified atom stereocenters. The van der Waals surface area contributed by atoms with Crippen molar-refractivity contribution in [2.24, 2.45) is 0 Å². The minimum Gasteiger partial charge on any atom is -0.397 e. The van der Waals surface area contributed by atoms with Crippen molar-refractivity contribution in [2.75, 3.05) is 5.73 Å². The fourth-order valence-electron chi connectivity index (χ4n) is 3.64. The number of fused-ring (bicyclic) bond motifs is 3. The summed E-state index contributed by atoms with van der Waals surface area (Å²) in [7, 11) is 0. The van der Waals surface area contributed by atoms with E-state index in [0.717, 1.165) is 47.4 Å². The monoisotopic (exact) mass is 376 g/mol. The number of imidazole rings is 1. The number of nitrogens with two attached hydrogens (primary N) is 1. The Bertz CT molecular complexity index is 882. The van der Waals surface area contributed by atoms with Crippen LogP contribution in [0.15, 0.2) is 29.7 Å². The highest BCUT2D eigenvalue weighted by Gasteiger charge is 2.50. The molecule has 0 amide bonds. The first-order valence-electron chi connectivity index (χ1n) is 7.86. The molecule has 23 heavy (non-hydrogen) atoms. The highest BCUT2D eigenvalue weighted by atomic mass is 79.9. The lowest BCUT2D eigenvalue weighted by molar-refractivity contribution is 0.522. The van der Waals surface area contributed by atoms with Crippen LogP contribution in [0.5, 0.6) is 0 Å². The Morgan fingerprint density at radius 1 is 1.52 bits per heavy atom. The van der Waals surface area contributed by atoms with Crippen molar-refractivity contribution in [1.82, 2.24) is 14.5 Å². The Morgan fingerprint density at radius 2 is 2.30 bits per heavy atom. The lowest BCUT2D eigenvalue weighted by Gasteiger charge is -2.26. The van der Waals surface area contributed by atoms with Gasteiger partial charge in [-0.25, -0.2) is 14.4 Å². The zero-order chi connectivity index (χ0) is 16.4. The van der Waals surface area contributed by atoms with Crippen LogP contribution in [0.4, 0.5) is 10.1 Å². The summed E-state index contributed by atoms with van der Waals surface area (Å²) in [6, 6.07) is -0.135. The molecule has 0 aromatic carbocycles. The van der Waals surface area contributed by atoms with Gasteiger partial charge in [-0.2, -0.15) is 0 Å². The Morgan fingerprint density at radius 3 is 2.91 bits per heavy atom. The van der Waals surface area contributed by atoms with Crippen LogP contribution in [0.25, 0.3) is 11.2 Å². The fraction of sp³-hybridized carbons (Fsp3) is 0.412. The second-order valence-electron chi connectivity index (χ2n) is 6.34. The number of halogens is 2. The fourth-order valence-corrected chi connectivity index (χ4v) is 4.46. The third-order valence-corrected chi connectivity index (χ3v) is 5.82. The molecule has 2 aliphatic carbocycles. The van der Waals surface area contributed by atoms with E-state index in [0.29, 0.717) is 5.69 Å². The van der Waals surface area contributed by atoms with Crippen LogP contribution in [-0.2, 0) is 6.42 Å². The van der Waals surface area contributed by atoms with Gasteiger partial charge in [0.1, 0.15) is 17.2 Å². The quantitative estimate of drug-likeness (QED) is 0.818. The average Bonchev–Trinajstić information content (AvgIpc) is 3.08. The van der Waals surface area contributed by atoms with Crippen LogP contribution in [0, 0.1) is 6.92 Å². The Kier molecular flexibility index (Phi) is 3.17. The molecule has 2 heterocycles. The highest BCUT2D eigenvalue weighted by Crippen LogP contribution is 2.56. The van der Waals surface area contributed by atoms with Crippen molar-refractivity contribution in [2.45, 2.75) is 43.5 Å². The Hall–Kier alpha value is -1.69. The van der Waals surface area contributed by atoms with E-state index in [1.165, 1.54) is 0 Å². The maximum absolute atomic E-state index is 14.3. The molecule has 0 aliphatic heterocycles. The van der Waals surface area contributed by atoms with Crippen LogP contribution < -0.4 is 5.73 Å². The SMILES string of the molecule is CCCc1nc2c(C)c(N)cnc2n1C1C2=CCC1(Br)C=C2F. The topological polar surface area (TPSA) is 56.7 Å². The van der Waals surface area contributed by atoms with Gasteiger partial charge in [0.05, 0.1) is 22.3 Å². The van der Waals surface area contributed by atoms with E-state index in [2.05, 4.69) is 32.4 Å². The van der Waals surface area contributed by atoms with Crippen molar-refractivity contribution in [3.05, 3.63) is 41.1 Å². The number of allylic oxidation sites excluding steroid dienone is 4. The van der Waals surface area contributed by atoms with Gasteiger partial charge < -0.3 is 10.3 Å². The molecule has 2 N–H and O–H groups in total. The first-order chi connectivity index (χ1) is 11.0. The number of anilines is 1. The van der Waals surface area contributed by atoms with Crippen LogP contribution in [0.2, 0.25) is 0 Å². The number of hydrogen-bond donors (Lipinski definition) is 1. The Labute approximate surface area is 142 Å². The summed E-state index contributed by atoms with van der Waals surface area (Å²) in [5.41, 5.74) is 9.88. The van der Waals surface area contributed by atoms with E-state index < -0.39 is 4.32 Å². The normalized spacial score (nSPS) is 26.0. The number of aryl methyl sites for hydroxylation is 2. The van der Waals surface area contributed by atoms with Gasteiger partial charge >= 0.3 is 0 Å². The van der Waals surface area contributed by atoms with Crippen molar-refractivity contribution in [3.63, 3.8) is 0 Å². The number of aromatic nitrogens is 3. The summed E-state index contributed by atoms with van der Waals surface area (Å²) in [5.74, 6) is 0.794. The molecule has 4 rings (SSSR count). The van der Waals surface area contributed by atoms with Crippen LogP contribution in [-0.4, -0.2) is 18.9 Å². The second kappa shape index (κ2) is 4.90. The van der Waals surface area contributed by atoms with Gasteiger partial charge in [0, 0.05) is 17.6 Å². The lowest BCUT2D eigenvalue weighted by atomic mass is 10.0. The van der Waals surface area contributed by atoms with Crippen LogP contribution in [0.1, 0.15) is 37.2 Å².